The molecule has 2 fully saturated rings. The topological polar surface area (TPSA) is 40.8 Å². The Bertz CT molecular complexity index is 1760. The summed E-state index contributed by atoms with van der Waals surface area (Å²) in [5, 5.41) is 12.3. The minimum atomic E-state index is 0.582. The van der Waals surface area contributed by atoms with E-state index in [0.29, 0.717) is 16.9 Å². The Morgan fingerprint density at radius 2 is 1.55 bits per heavy atom. The van der Waals surface area contributed by atoms with E-state index in [4.69, 9.17) is 4.42 Å². The first-order chi connectivity index (χ1) is 19.6. The number of nitriles is 1. The molecule has 200 valence electrons. The standard InChI is InChI=1S/C37H37N2O/c1-25-11-17-30-31-18-16-29(24-38)34(36(31)40-35(30)33(25)32-10-4-7-22-39(32)2)27-14-12-26(13-15-27)28-9-8-21-37(23-28)19-5-3-6-20-37/h4,7,10-18,22,28H,3,5-6,8-9,19-21,23H2,1-2H3/q+1. The van der Waals surface area contributed by atoms with E-state index in [-0.39, 0.29) is 0 Å². The highest BCUT2D eigenvalue weighted by molar-refractivity contribution is 6.14. The molecule has 5 aromatic rings. The molecule has 2 aliphatic rings. The highest BCUT2D eigenvalue weighted by Crippen LogP contribution is 2.52. The average molecular weight is 526 g/mol. The normalized spacial score (nSPS) is 18.8. The Hall–Kier alpha value is -3.90. The highest BCUT2D eigenvalue weighted by atomic mass is 16.3. The van der Waals surface area contributed by atoms with E-state index in [1.807, 2.05) is 18.2 Å². The summed E-state index contributed by atoms with van der Waals surface area (Å²) in [6.45, 7) is 2.14. The van der Waals surface area contributed by atoms with Gasteiger partial charge in [-0.3, -0.25) is 0 Å². The van der Waals surface area contributed by atoms with Crippen molar-refractivity contribution in [2.45, 2.75) is 70.6 Å². The van der Waals surface area contributed by atoms with Gasteiger partial charge < -0.3 is 4.42 Å². The Morgan fingerprint density at radius 3 is 2.30 bits per heavy atom. The lowest BCUT2D eigenvalue weighted by atomic mass is 9.61. The van der Waals surface area contributed by atoms with Crippen LogP contribution >= 0.6 is 0 Å². The maximum Gasteiger partial charge on any atom is 0.216 e. The Kier molecular flexibility index (Phi) is 6.23. The van der Waals surface area contributed by atoms with E-state index < -0.39 is 0 Å². The summed E-state index contributed by atoms with van der Waals surface area (Å²) < 4.78 is 8.90. The van der Waals surface area contributed by atoms with Crippen LogP contribution in [0.3, 0.4) is 0 Å². The molecule has 7 rings (SSSR count). The fraction of sp³-hybridized carbons (Fsp3) is 0.351. The molecule has 1 spiro atoms. The van der Waals surface area contributed by atoms with E-state index in [0.717, 1.165) is 44.3 Å². The summed E-state index contributed by atoms with van der Waals surface area (Å²) in [5.41, 5.74) is 9.70. The molecule has 0 saturated heterocycles. The summed E-state index contributed by atoms with van der Waals surface area (Å²) in [6, 6.07) is 26.1. The number of hydrogen-bond donors (Lipinski definition) is 0. The van der Waals surface area contributed by atoms with Crippen molar-refractivity contribution in [2.24, 2.45) is 12.5 Å². The third kappa shape index (κ3) is 4.13. The monoisotopic (exact) mass is 525 g/mol. The minimum Gasteiger partial charge on any atom is -0.454 e. The van der Waals surface area contributed by atoms with Crippen LogP contribution in [-0.2, 0) is 7.05 Å². The Morgan fingerprint density at radius 1 is 0.825 bits per heavy atom. The summed E-state index contributed by atoms with van der Waals surface area (Å²) in [7, 11) is 2.07. The van der Waals surface area contributed by atoms with Gasteiger partial charge in [0.05, 0.1) is 17.2 Å². The predicted molar refractivity (Wildman–Crippen MR) is 162 cm³/mol. The van der Waals surface area contributed by atoms with Gasteiger partial charge in [-0.2, -0.15) is 5.26 Å². The van der Waals surface area contributed by atoms with Crippen LogP contribution in [0.1, 0.15) is 80.4 Å². The molecule has 0 bridgehead atoms. The molecule has 0 radical (unpaired) electrons. The van der Waals surface area contributed by atoms with Crippen molar-refractivity contribution in [1.29, 1.82) is 5.26 Å². The number of pyridine rings is 1. The van der Waals surface area contributed by atoms with Gasteiger partial charge in [0.25, 0.3) is 0 Å². The van der Waals surface area contributed by atoms with Gasteiger partial charge >= 0.3 is 0 Å². The van der Waals surface area contributed by atoms with E-state index in [1.54, 1.807) is 0 Å². The Labute approximate surface area is 237 Å². The fourth-order valence-electron chi connectivity index (χ4n) is 7.90. The smallest absolute Gasteiger partial charge is 0.216 e. The van der Waals surface area contributed by atoms with Crippen molar-refractivity contribution in [2.75, 3.05) is 0 Å². The number of hydrogen-bond acceptors (Lipinski definition) is 2. The van der Waals surface area contributed by atoms with Crippen LogP contribution < -0.4 is 4.57 Å². The second-order valence-corrected chi connectivity index (χ2v) is 12.4. The van der Waals surface area contributed by atoms with Gasteiger partial charge in [-0.25, -0.2) is 4.57 Å². The molecule has 1 atom stereocenters. The van der Waals surface area contributed by atoms with Crippen LogP contribution in [0.4, 0.5) is 0 Å². The van der Waals surface area contributed by atoms with Gasteiger partial charge in [0.1, 0.15) is 18.2 Å². The molecule has 0 amide bonds. The second kappa shape index (κ2) is 9.93. The maximum atomic E-state index is 10.1. The molecule has 3 nitrogen and oxygen atoms in total. The van der Waals surface area contributed by atoms with E-state index in [1.165, 1.54) is 68.9 Å². The van der Waals surface area contributed by atoms with Crippen LogP contribution in [0.5, 0.6) is 0 Å². The van der Waals surface area contributed by atoms with Crippen molar-refractivity contribution in [3.63, 3.8) is 0 Å². The first-order valence-corrected chi connectivity index (χ1v) is 15.0. The van der Waals surface area contributed by atoms with E-state index in [9.17, 15) is 5.26 Å². The van der Waals surface area contributed by atoms with Crippen molar-refractivity contribution < 1.29 is 8.98 Å². The van der Waals surface area contributed by atoms with E-state index >= 15 is 0 Å². The number of rotatable bonds is 3. The molecule has 3 heteroatoms. The molecule has 0 aliphatic heterocycles. The molecule has 40 heavy (non-hydrogen) atoms. The van der Waals surface area contributed by atoms with Crippen molar-refractivity contribution in [1.82, 2.24) is 0 Å². The number of furan rings is 1. The molecule has 3 aromatic carbocycles. The number of aryl methyl sites for hydroxylation is 2. The summed E-state index contributed by atoms with van der Waals surface area (Å²) in [6.07, 6.45) is 14.6. The molecule has 2 heterocycles. The molecule has 1 unspecified atom stereocenters. The predicted octanol–water partition coefficient (Wildman–Crippen LogP) is 9.53. The maximum absolute atomic E-state index is 10.1. The molecule has 2 aromatic heterocycles. The minimum absolute atomic E-state index is 0.582. The first-order valence-electron chi connectivity index (χ1n) is 15.0. The number of aromatic nitrogens is 1. The third-order valence-electron chi connectivity index (χ3n) is 9.97. The first kappa shape index (κ1) is 25.1. The van der Waals surface area contributed by atoms with Crippen LogP contribution in [0.15, 0.2) is 77.3 Å². The lowest BCUT2D eigenvalue weighted by molar-refractivity contribution is -0.660. The average Bonchev–Trinajstić information content (AvgIpc) is 3.36. The van der Waals surface area contributed by atoms with Gasteiger partial charge in [-0.05, 0) is 85.3 Å². The van der Waals surface area contributed by atoms with Gasteiger partial charge in [0.15, 0.2) is 6.20 Å². The fourth-order valence-corrected chi connectivity index (χ4v) is 7.90. The zero-order valence-corrected chi connectivity index (χ0v) is 23.7. The number of fused-ring (bicyclic) bond motifs is 3. The lowest BCUT2D eigenvalue weighted by Gasteiger charge is -2.44. The second-order valence-electron chi connectivity index (χ2n) is 12.4. The van der Waals surface area contributed by atoms with Crippen LogP contribution in [0.2, 0.25) is 0 Å². The van der Waals surface area contributed by atoms with Crippen LogP contribution in [0.25, 0.3) is 44.3 Å². The molecular formula is C37H37N2O+. The number of nitrogens with zero attached hydrogens (tertiary/aromatic N) is 2. The SMILES string of the molecule is Cc1ccc2c(oc3c(-c4ccc(C5CCCC6(CCCCC6)C5)cc4)c(C#N)ccc32)c1-c1cccc[n+]1C. The number of benzene rings is 3. The van der Waals surface area contributed by atoms with Crippen LogP contribution in [0, 0.1) is 23.7 Å². The van der Waals surface area contributed by atoms with Crippen molar-refractivity contribution >= 4 is 21.9 Å². The zero-order valence-electron chi connectivity index (χ0n) is 23.7. The molecule has 0 N–H and O–H groups in total. The van der Waals surface area contributed by atoms with Crippen LogP contribution in [-0.4, -0.2) is 0 Å². The lowest BCUT2D eigenvalue weighted by Crippen LogP contribution is -2.30. The van der Waals surface area contributed by atoms with Gasteiger partial charge in [0.2, 0.25) is 5.69 Å². The summed E-state index contributed by atoms with van der Waals surface area (Å²) in [4.78, 5) is 0. The molecule has 2 aliphatic carbocycles. The highest BCUT2D eigenvalue weighted by Gasteiger charge is 2.37. The van der Waals surface area contributed by atoms with Crippen molar-refractivity contribution in [3.8, 4) is 28.5 Å². The van der Waals surface area contributed by atoms with Crippen molar-refractivity contribution in [3.05, 3.63) is 89.6 Å². The summed E-state index contributed by atoms with van der Waals surface area (Å²) >= 11 is 0. The Balaban J connectivity index is 1.33. The van der Waals surface area contributed by atoms with Gasteiger partial charge in [-0.15, -0.1) is 0 Å². The van der Waals surface area contributed by atoms with Gasteiger partial charge in [0, 0.05) is 28.5 Å². The largest absolute Gasteiger partial charge is 0.454 e. The molecular weight excluding hydrogens is 488 g/mol. The van der Waals surface area contributed by atoms with E-state index in [2.05, 4.69) is 79.3 Å². The molecule has 2 saturated carbocycles. The van der Waals surface area contributed by atoms with Gasteiger partial charge in [-0.1, -0.05) is 62.1 Å². The third-order valence-corrected chi connectivity index (χ3v) is 9.97. The zero-order chi connectivity index (χ0) is 27.3. The quantitative estimate of drug-likeness (QED) is 0.220. The summed E-state index contributed by atoms with van der Waals surface area (Å²) in [5.74, 6) is 0.649.